The standard InChI is InChI=1S/C59H55N7O10/c1-36(2)49(55(70)74-3)61-58(73)65-45-29-28-37(17-16-30-64-46-27-14-13-26-44(46)62-63-64)33-43(45)59(57(65)72)48(54(69)60-35-47(68)38-18-7-4-8-19-38)51-56(71)76-52(40-22-11-6-12-23-40)50(39-20-9-5-10-21-39)66(51)53(59)41-24-15-25-42(34-41)75-32-31-67/h4-15,18-29,33-34,36,47-53,67-68H,30-32,35H2,1-3H3,(H,60,69)(H,61,73)/t47-,48+,49-,50+,51+,52-,53-,59+/m0/s1. The Bertz CT molecular complexity index is 3360. The number of esters is 2. The molecule has 2 saturated heterocycles. The van der Waals surface area contributed by atoms with E-state index in [-0.39, 0.29) is 37.6 Å². The van der Waals surface area contributed by atoms with Crippen molar-refractivity contribution in [1.82, 2.24) is 30.5 Å². The first-order valence-corrected chi connectivity index (χ1v) is 25.0. The lowest BCUT2D eigenvalue weighted by atomic mass is 9.65. The number of anilines is 1. The van der Waals surface area contributed by atoms with Gasteiger partial charge >= 0.3 is 18.0 Å². The Labute approximate surface area is 438 Å². The van der Waals surface area contributed by atoms with E-state index in [1.165, 1.54) is 7.11 Å². The number of amides is 4. The van der Waals surface area contributed by atoms with E-state index in [4.69, 9.17) is 14.2 Å². The Morgan fingerprint density at radius 1 is 0.816 bits per heavy atom. The maximum Gasteiger partial charge on any atom is 0.329 e. The Morgan fingerprint density at radius 2 is 1.50 bits per heavy atom. The van der Waals surface area contributed by atoms with Crippen molar-refractivity contribution in [3.63, 3.8) is 0 Å². The van der Waals surface area contributed by atoms with Crippen LogP contribution in [0.4, 0.5) is 10.5 Å². The van der Waals surface area contributed by atoms with Crippen molar-refractivity contribution >= 4 is 46.5 Å². The fourth-order valence-electron chi connectivity index (χ4n) is 11.1. The highest BCUT2D eigenvalue weighted by Crippen LogP contribution is 2.66. The molecule has 7 aromatic rings. The number of cyclic esters (lactones) is 1. The molecule has 3 aliphatic rings. The van der Waals surface area contributed by atoms with Crippen LogP contribution in [0.15, 0.2) is 158 Å². The van der Waals surface area contributed by atoms with Crippen molar-refractivity contribution in [2.75, 3.05) is 31.8 Å². The molecule has 0 unspecified atom stereocenters. The minimum absolute atomic E-state index is 0.0617. The fourth-order valence-corrected chi connectivity index (χ4v) is 11.1. The molecule has 1 spiro atoms. The summed E-state index contributed by atoms with van der Waals surface area (Å²) in [5.41, 5.74) is 2.08. The zero-order chi connectivity index (χ0) is 53.1. The monoisotopic (exact) mass is 1020 g/mol. The van der Waals surface area contributed by atoms with Crippen LogP contribution in [-0.4, -0.2) is 98.8 Å². The molecule has 4 heterocycles. The fraction of sp³-hybridized carbons (Fsp3) is 0.271. The van der Waals surface area contributed by atoms with Gasteiger partial charge in [0.25, 0.3) is 0 Å². The van der Waals surface area contributed by atoms with Crippen LogP contribution in [0.25, 0.3) is 11.0 Å². The normalized spacial score (nSPS) is 21.5. The van der Waals surface area contributed by atoms with Crippen LogP contribution in [0, 0.1) is 23.7 Å². The van der Waals surface area contributed by atoms with Crippen LogP contribution in [0.3, 0.4) is 0 Å². The largest absolute Gasteiger partial charge is 0.491 e. The Balaban J connectivity index is 1.24. The van der Waals surface area contributed by atoms with E-state index in [0.717, 1.165) is 10.4 Å². The van der Waals surface area contributed by atoms with Gasteiger partial charge < -0.3 is 35.1 Å². The molecule has 4 amide bonds. The quantitative estimate of drug-likeness (QED) is 0.0699. The highest BCUT2D eigenvalue weighted by Gasteiger charge is 2.75. The van der Waals surface area contributed by atoms with Crippen molar-refractivity contribution in [3.8, 4) is 17.6 Å². The van der Waals surface area contributed by atoms with Gasteiger partial charge in [0, 0.05) is 12.1 Å². The van der Waals surface area contributed by atoms with Crippen LogP contribution in [0.5, 0.6) is 5.75 Å². The number of methoxy groups -OCH3 is 1. The van der Waals surface area contributed by atoms with Gasteiger partial charge in [-0.05, 0) is 76.2 Å². The summed E-state index contributed by atoms with van der Waals surface area (Å²) >= 11 is 0. The van der Waals surface area contributed by atoms with Gasteiger partial charge in [-0.2, -0.15) is 0 Å². The maximum atomic E-state index is 16.8. The second-order valence-corrected chi connectivity index (χ2v) is 19.2. The van der Waals surface area contributed by atoms with E-state index in [0.29, 0.717) is 39.1 Å². The SMILES string of the molecule is COC(=O)[C@@H](NC(=O)N1C(=O)[C@@]2(c3cc(C#CCn4nnc5ccccc54)ccc31)[C@H](c1cccc(OCCO)c1)N1[C@H](c3ccccc3)[C@H](c3ccccc3)OC(=O)[C@H]1[C@@H]2C(=O)NC[C@H](O)c1ccccc1)C(C)C. The summed E-state index contributed by atoms with van der Waals surface area (Å²) in [5, 5.41) is 35.7. The number of aromatic nitrogens is 3. The first-order valence-electron chi connectivity index (χ1n) is 25.0. The summed E-state index contributed by atoms with van der Waals surface area (Å²) in [4.78, 5) is 79.7. The third-order valence-electron chi connectivity index (χ3n) is 14.4. The lowest BCUT2D eigenvalue weighted by molar-refractivity contribution is -0.178. The van der Waals surface area contributed by atoms with Gasteiger partial charge in [-0.25, -0.2) is 19.2 Å². The summed E-state index contributed by atoms with van der Waals surface area (Å²) in [6.07, 6.45) is -2.22. The molecule has 17 heteroatoms. The molecule has 8 atom stereocenters. The van der Waals surface area contributed by atoms with Crippen molar-refractivity contribution < 1.29 is 48.4 Å². The smallest absolute Gasteiger partial charge is 0.329 e. The van der Waals surface area contributed by atoms with Crippen molar-refractivity contribution in [2.24, 2.45) is 11.8 Å². The lowest BCUT2D eigenvalue weighted by Gasteiger charge is -2.46. The molecule has 76 heavy (non-hydrogen) atoms. The van der Waals surface area contributed by atoms with Crippen LogP contribution >= 0.6 is 0 Å². The number of rotatable bonds is 14. The van der Waals surface area contributed by atoms with Crippen LogP contribution < -0.4 is 20.3 Å². The van der Waals surface area contributed by atoms with Gasteiger partial charge in [-0.3, -0.25) is 19.3 Å². The Hall–Kier alpha value is -8.69. The van der Waals surface area contributed by atoms with Gasteiger partial charge in [-0.15, -0.1) is 5.10 Å². The molecule has 386 valence electrons. The van der Waals surface area contributed by atoms with E-state index >= 15 is 19.2 Å². The van der Waals surface area contributed by atoms with Crippen LogP contribution in [-0.2, 0) is 40.6 Å². The minimum Gasteiger partial charge on any atom is -0.491 e. The number of urea groups is 1. The Morgan fingerprint density at radius 3 is 2.21 bits per heavy atom. The summed E-state index contributed by atoms with van der Waals surface area (Å²) < 4.78 is 19.4. The average molecular weight is 1020 g/mol. The molecule has 0 radical (unpaired) electrons. The number of hydrogen-bond acceptors (Lipinski definition) is 13. The number of carbonyl (C=O) groups excluding carboxylic acids is 5. The number of nitrogens with one attached hydrogen (secondary N) is 2. The molecular formula is C59H55N7O10. The van der Waals surface area contributed by atoms with Gasteiger partial charge in [0.2, 0.25) is 11.8 Å². The first kappa shape index (κ1) is 50.8. The zero-order valence-electron chi connectivity index (χ0n) is 41.9. The number of ether oxygens (including phenoxy) is 3. The van der Waals surface area contributed by atoms with Crippen molar-refractivity contribution in [3.05, 3.63) is 191 Å². The molecular weight excluding hydrogens is 967 g/mol. The molecule has 1 aromatic heterocycles. The predicted molar refractivity (Wildman–Crippen MR) is 279 cm³/mol. The minimum atomic E-state index is -2.22. The molecule has 3 aliphatic heterocycles. The molecule has 2 fully saturated rings. The van der Waals surface area contributed by atoms with Gasteiger partial charge in [0.15, 0.2) is 0 Å². The number of carbonyl (C=O) groups is 5. The predicted octanol–water partition coefficient (Wildman–Crippen LogP) is 6.28. The summed E-state index contributed by atoms with van der Waals surface area (Å²) in [7, 11) is 1.20. The second kappa shape index (κ2) is 21.6. The number of benzene rings is 6. The van der Waals surface area contributed by atoms with Crippen molar-refractivity contribution in [1.29, 1.82) is 0 Å². The number of fused-ring (bicyclic) bond motifs is 4. The topological polar surface area (TPSA) is 215 Å². The number of aliphatic hydroxyl groups is 2. The van der Waals surface area contributed by atoms with Gasteiger partial charge in [0.05, 0.1) is 49.0 Å². The van der Waals surface area contributed by atoms with Gasteiger partial charge in [-0.1, -0.05) is 146 Å². The molecule has 4 N–H and O–H groups in total. The third-order valence-corrected chi connectivity index (χ3v) is 14.4. The molecule has 6 aromatic carbocycles. The van der Waals surface area contributed by atoms with E-state index in [1.807, 2.05) is 89.8 Å². The summed E-state index contributed by atoms with van der Waals surface area (Å²) in [6.45, 7) is 2.85. The summed E-state index contributed by atoms with van der Waals surface area (Å²) in [6, 6.07) is 40.5. The second-order valence-electron chi connectivity index (χ2n) is 19.2. The zero-order valence-corrected chi connectivity index (χ0v) is 41.9. The molecule has 17 nitrogen and oxygen atoms in total. The number of hydrogen-bond donors (Lipinski definition) is 4. The molecule has 0 bridgehead atoms. The third kappa shape index (κ3) is 9.20. The lowest BCUT2D eigenvalue weighted by Crippen LogP contribution is -2.58. The number of aliphatic hydroxyl groups excluding tert-OH is 2. The number of para-hydroxylation sites is 1. The molecule has 10 rings (SSSR count). The highest BCUT2D eigenvalue weighted by molar-refractivity contribution is 6.25. The molecule has 0 aliphatic carbocycles. The van der Waals surface area contributed by atoms with E-state index in [9.17, 15) is 15.0 Å². The number of imide groups is 1. The number of morpholine rings is 1. The van der Waals surface area contributed by atoms with Gasteiger partial charge in [0.1, 0.15) is 48.0 Å². The highest BCUT2D eigenvalue weighted by atomic mass is 16.6. The van der Waals surface area contributed by atoms with E-state index in [2.05, 4.69) is 32.8 Å². The van der Waals surface area contributed by atoms with Crippen molar-refractivity contribution in [2.45, 2.75) is 62.2 Å². The summed E-state index contributed by atoms with van der Waals surface area (Å²) in [5.74, 6) is 1.26. The Kier molecular flexibility index (Phi) is 14.5. The first-order chi connectivity index (χ1) is 37.0. The van der Waals surface area contributed by atoms with Crippen LogP contribution in [0.1, 0.15) is 71.5 Å². The van der Waals surface area contributed by atoms with Crippen LogP contribution in [0.2, 0.25) is 0 Å². The number of nitrogens with zero attached hydrogens (tertiary/aromatic N) is 5. The average Bonchev–Trinajstić information content (AvgIpc) is 4.12. The van der Waals surface area contributed by atoms with E-state index < -0.39 is 83.4 Å². The molecule has 0 saturated carbocycles. The maximum absolute atomic E-state index is 16.8. The van der Waals surface area contributed by atoms with E-state index in [1.54, 1.807) is 91.3 Å².